The molecule has 15 heavy (non-hydrogen) atoms. The largest absolute Gasteiger partial charge is 0.303 e. The van der Waals surface area contributed by atoms with Gasteiger partial charge in [-0.05, 0) is 63.5 Å². The van der Waals surface area contributed by atoms with Crippen LogP contribution < -0.4 is 0 Å². The summed E-state index contributed by atoms with van der Waals surface area (Å²) in [5.74, 6) is 2.70. The van der Waals surface area contributed by atoms with Gasteiger partial charge in [0.05, 0.1) is 0 Å². The van der Waals surface area contributed by atoms with Crippen molar-refractivity contribution in [1.82, 2.24) is 4.90 Å². The van der Waals surface area contributed by atoms with E-state index in [-0.39, 0.29) is 0 Å². The van der Waals surface area contributed by atoms with E-state index in [0.717, 1.165) is 23.2 Å². The van der Waals surface area contributed by atoms with Gasteiger partial charge in [-0.15, -0.1) is 0 Å². The first-order chi connectivity index (χ1) is 6.83. The maximum Gasteiger partial charge on any atom is 0.0234 e. The summed E-state index contributed by atoms with van der Waals surface area (Å²) in [4.78, 5) is 2.48. The van der Waals surface area contributed by atoms with Crippen LogP contribution in [0.2, 0.25) is 0 Å². The molecule has 0 aromatic rings. The number of fused-ring (bicyclic) bond motifs is 1. The average molecular weight is 209 g/mol. The van der Waals surface area contributed by atoms with Crippen molar-refractivity contribution in [2.45, 2.75) is 52.5 Å². The highest BCUT2D eigenvalue weighted by molar-refractivity contribution is 5.21. The lowest BCUT2D eigenvalue weighted by molar-refractivity contribution is 0.104. The molecule has 0 aromatic heterocycles. The zero-order valence-corrected chi connectivity index (χ0v) is 11.3. The first-order valence-electron chi connectivity index (χ1n) is 6.50. The third kappa shape index (κ3) is 1.46. The molecule has 1 heteroatoms. The fraction of sp³-hybridized carbons (Fsp3) is 1.00. The minimum atomic E-state index is 0.467. The number of rotatable bonds is 3. The molecule has 0 amide bonds. The summed E-state index contributed by atoms with van der Waals surface area (Å²) < 4.78 is 0. The lowest BCUT2D eigenvalue weighted by atomic mass is 9.84. The third-order valence-corrected chi connectivity index (χ3v) is 5.38. The molecule has 0 N–H and O–H groups in total. The molecular formula is C14H27N. The van der Waals surface area contributed by atoms with Crippen molar-refractivity contribution in [1.29, 1.82) is 0 Å². The summed E-state index contributed by atoms with van der Waals surface area (Å²) in [5.41, 5.74) is 1.20. The number of hydrogen-bond donors (Lipinski definition) is 0. The molecule has 1 nitrogen and oxygen atoms in total. The van der Waals surface area contributed by atoms with Crippen molar-refractivity contribution in [2.24, 2.45) is 23.2 Å². The molecule has 2 saturated carbocycles. The monoisotopic (exact) mass is 209 g/mol. The highest BCUT2D eigenvalue weighted by Crippen LogP contribution is 2.72. The zero-order valence-electron chi connectivity index (χ0n) is 11.3. The summed E-state index contributed by atoms with van der Waals surface area (Å²) in [5, 5.41) is 0. The Bertz CT molecular complexity index is 258. The first-order valence-corrected chi connectivity index (χ1v) is 6.50. The third-order valence-electron chi connectivity index (χ3n) is 5.38. The average Bonchev–Trinajstić information content (AvgIpc) is 2.70. The highest BCUT2D eigenvalue weighted by Gasteiger charge is 2.69. The maximum absolute atomic E-state index is 2.48. The van der Waals surface area contributed by atoms with Gasteiger partial charge in [-0.2, -0.15) is 0 Å². The second kappa shape index (κ2) is 3.23. The van der Waals surface area contributed by atoms with Crippen molar-refractivity contribution < 1.29 is 0 Å². The molecule has 4 atom stereocenters. The smallest absolute Gasteiger partial charge is 0.0234 e. The molecule has 0 saturated heterocycles. The minimum Gasteiger partial charge on any atom is -0.303 e. The summed E-state index contributed by atoms with van der Waals surface area (Å²) in [6, 6.07) is 0. The molecule has 2 fully saturated rings. The van der Waals surface area contributed by atoms with Gasteiger partial charge in [-0.1, -0.05) is 20.8 Å². The van der Waals surface area contributed by atoms with Crippen LogP contribution in [0.1, 0.15) is 47.0 Å². The first kappa shape index (κ1) is 11.4. The minimum absolute atomic E-state index is 0.467. The van der Waals surface area contributed by atoms with Crippen LogP contribution in [0.5, 0.6) is 0 Å². The summed E-state index contributed by atoms with van der Waals surface area (Å²) >= 11 is 0. The predicted molar refractivity (Wildman–Crippen MR) is 65.9 cm³/mol. The number of nitrogens with zero attached hydrogens (tertiary/aromatic N) is 1. The lowest BCUT2D eigenvalue weighted by Crippen LogP contribution is -2.46. The van der Waals surface area contributed by atoms with Gasteiger partial charge in [0.15, 0.2) is 0 Å². The Hall–Kier alpha value is -0.0400. The van der Waals surface area contributed by atoms with Gasteiger partial charge in [0.2, 0.25) is 0 Å². The van der Waals surface area contributed by atoms with E-state index in [9.17, 15) is 0 Å². The molecule has 0 radical (unpaired) electrons. The van der Waals surface area contributed by atoms with Crippen LogP contribution in [0.25, 0.3) is 0 Å². The maximum atomic E-state index is 2.48. The highest BCUT2D eigenvalue weighted by atomic mass is 15.2. The van der Waals surface area contributed by atoms with Gasteiger partial charge in [-0.25, -0.2) is 0 Å². The van der Waals surface area contributed by atoms with Crippen molar-refractivity contribution >= 4 is 0 Å². The molecule has 0 aliphatic heterocycles. The Morgan fingerprint density at radius 3 is 2.27 bits per heavy atom. The van der Waals surface area contributed by atoms with Gasteiger partial charge in [0, 0.05) is 5.54 Å². The second-order valence-electron chi connectivity index (χ2n) is 6.94. The molecule has 4 unspecified atom stereocenters. The van der Waals surface area contributed by atoms with Crippen LogP contribution in [0.3, 0.4) is 0 Å². The van der Waals surface area contributed by atoms with Crippen molar-refractivity contribution in [2.75, 3.05) is 14.1 Å². The summed E-state index contributed by atoms with van der Waals surface area (Å²) in [7, 11) is 4.53. The van der Waals surface area contributed by atoms with Gasteiger partial charge in [0.1, 0.15) is 0 Å². The molecule has 0 spiro atoms. The Morgan fingerprint density at radius 1 is 1.27 bits per heavy atom. The Labute approximate surface area is 95.2 Å². The van der Waals surface area contributed by atoms with Crippen molar-refractivity contribution in [3.63, 3.8) is 0 Å². The standard InChI is InChI=1S/C14H27N/c1-10(2)7-14-8-11(3)13(4,15(5)6)12(14)9-14/h10-12H,7-9H2,1-6H3. The van der Waals surface area contributed by atoms with Gasteiger partial charge in [0.25, 0.3) is 0 Å². The van der Waals surface area contributed by atoms with E-state index in [1.165, 1.54) is 19.3 Å². The lowest BCUT2D eigenvalue weighted by Gasteiger charge is -2.39. The molecule has 2 aliphatic rings. The van der Waals surface area contributed by atoms with Crippen LogP contribution in [0.15, 0.2) is 0 Å². The van der Waals surface area contributed by atoms with E-state index in [1.54, 1.807) is 0 Å². The summed E-state index contributed by atoms with van der Waals surface area (Å²) in [6.07, 6.45) is 4.40. The van der Waals surface area contributed by atoms with E-state index >= 15 is 0 Å². The fourth-order valence-electron chi connectivity index (χ4n) is 4.43. The number of hydrogen-bond acceptors (Lipinski definition) is 1. The van der Waals surface area contributed by atoms with Crippen LogP contribution >= 0.6 is 0 Å². The molecule has 0 heterocycles. The Balaban J connectivity index is 2.15. The van der Waals surface area contributed by atoms with Crippen LogP contribution in [-0.2, 0) is 0 Å². The molecule has 2 rings (SSSR count). The normalized spacial score (nSPS) is 48.8. The second-order valence-corrected chi connectivity index (χ2v) is 6.94. The van der Waals surface area contributed by atoms with E-state index in [0.29, 0.717) is 5.54 Å². The topological polar surface area (TPSA) is 3.24 Å². The fourth-order valence-corrected chi connectivity index (χ4v) is 4.43. The summed E-state index contributed by atoms with van der Waals surface area (Å²) in [6.45, 7) is 9.69. The molecule has 88 valence electrons. The molecule has 0 aromatic carbocycles. The molecule has 0 bridgehead atoms. The Kier molecular flexibility index (Phi) is 2.46. The van der Waals surface area contributed by atoms with Gasteiger partial charge >= 0.3 is 0 Å². The van der Waals surface area contributed by atoms with Crippen molar-refractivity contribution in [3.05, 3.63) is 0 Å². The van der Waals surface area contributed by atoms with Crippen LogP contribution in [0, 0.1) is 23.2 Å². The zero-order chi connectivity index (χ0) is 11.4. The van der Waals surface area contributed by atoms with Gasteiger partial charge < -0.3 is 4.90 Å². The molecular weight excluding hydrogens is 182 g/mol. The van der Waals surface area contributed by atoms with Crippen LogP contribution in [0.4, 0.5) is 0 Å². The van der Waals surface area contributed by atoms with Crippen LogP contribution in [-0.4, -0.2) is 24.5 Å². The van der Waals surface area contributed by atoms with Gasteiger partial charge in [-0.3, -0.25) is 0 Å². The van der Waals surface area contributed by atoms with E-state index in [4.69, 9.17) is 0 Å². The van der Waals surface area contributed by atoms with E-state index in [1.807, 2.05) is 0 Å². The predicted octanol–water partition coefficient (Wildman–Crippen LogP) is 3.40. The quantitative estimate of drug-likeness (QED) is 0.688. The Morgan fingerprint density at radius 2 is 1.87 bits per heavy atom. The SMILES string of the molecule is CC(C)CC12CC(C)C(C)(N(C)C)C1C2. The van der Waals surface area contributed by atoms with Crippen molar-refractivity contribution in [3.8, 4) is 0 Å². The molecule has 2 aliphatic carbocycles. The van der Waals surface area contributed by atoms with E-state index in [2.05, 4.69) is 46.7 Å². The van der Waals surface area contributed by atoms with E-state index < -0.39 is 0 Å².